The molecule has 74 valence electrons. The number of aromatic nitrogens is 1. The molecular weight excluding hydrogens is 295 g/mol. The van der Waals surface area contributed by atoms with Gasteiger partial charge in [0.2, 0.25) is 0 Å². The van der Waals surface area contributed by atoms with Gasteiger partial charge < -0.3 is 0 Å². The fourth-order valence-corrected chi connectivity index (χ4v) is 3.63. The van der Waals surface area contributed by atoms with Crippen molar-refractivity contribution in [2.75, 3.05) is 0 Å². The molecule has 1 nitrogen and oxygen atoms in total. The molecule has 0 aliphatic heterocycles. The second kappa shape index (κ2) is 4.55. The molecule has 0 aliphatic rings. The van der Waals surface area contributed by atoms with Crippen molar-refractivity contribution in [2.45, 2.75) is 24.1 Å². The van der Waals surface area contributed by atoms with Gasteiger partial charge >= 0.3 is 99.7 Å². The van der Waals surface area contributed by atoms with E-state index in [4.69, 9.17) is 34.8 Å². The van der Waals surface area contributed by atoms with E-state index in [-0.39, 0.29) is 14.7 Å². The minimum atomic E-state index is -1.35. The Morgan fingerprint density at radius 2 is 2.08 bits per heavy atom. The van der Waals surface area contributed by atoms with Gasteiger partial charge in [0.05, 0.1) is 0 Å². The summed E-state index contributed by atoms with van der Waals surface area (Å²) < 4.78 is 4.19. The van der Waals surface area contributed by atoms with Crippen molar-refractivity contribution in [3.05, 3.63) is 16.2 Å². The average molecular weight is 305 g/mol. The van der Waals surface area contributed by atoms with Crippen LogP contribution in [0.15, 0.2) is 6.07 Å². The normalized spacial score (nSPS) is 12.5. The van der Waals surface area contributed by atoms with E-state index in [9.17, 15) is 0 Å². The third-order valence-corrected chi connectivity index (χ3v) is 3.73. The summed E-state index contributed by atoms with van der Waals surface area (Å²) >= 11 is 17.3. The minimum absolute atomic E-state index is 0.142. The summed E-state index contributed by atoms with van der Waals surface area (Å²) in [4.78, 5) is 0. The second-order valence-corrected chi connectivity index (χ2v) is 7.42. The molecule has 0 aliphatic carbocycles. The first-order valence-corrected chi connectivity index (χ1v) is 6.68. The summed E-state index contributed by atoms with van der Waals surface area (Å²) in [5.41, 5.74) is 0.591. The number of halogens is 3. The number of hydrogen-bond donors (Lipinski definition) is 0. The maximum absolute atomic E-state index is 5.71. The van der Waals surface area contributed by atoms with E-state index in [0.29, 0.717) is 11.6 Å². The van der Waals surface area contributed by atoms with Crippen molar-refractivity contribution in [3.63, 3.8) is 0 Å². The second-order valence-electron chi connectivity index (χ2n) is 3.27. The fraction of sp³-hybridized carbons (Fsp3) is 0.625. The van der Waals surface area contributed by atoms with Gasteiger partial charge in [-0.25, -0.2) is 0 Å². The van der Waals surface area contributed by atoms with Gasteiger partial charge in [0.15, 0.2) is 0 Å². The standard InChI is InChI=1S/C8H10Cl3NSe/c1-5(2)3-6-4-7(12-13-6)8(9,10)11/h4-5H,3H2,1-2H3. The van der Waals surface area contributed by atoms with E-state index in [2.05, 4.69) is 17.8 Å². The fourth-order valence-electron chi connectivity index (χ4n) is 0.945. The molecule has 0 atom stereocenters. The summed E-state index contributed by atoms with van der Waals surface area (Å²) in [6, 6.07) is 1.92. The van der Waals surface area contributed by atoms with Crippen LogP contribution in [0.4, 0.5) is 0 Å². The summed E-state index contributed by atoms with van der Waals surface area (Å²) in [6.45, 7) is 4.34. The average Bonchev–Trinajstić information content (AvgIpc) is 2.32. The number of alkyl halides is 3. The van der Waals surface area contributed by atoms with Gasteiger partial charge in [-0.15, -0.1) is 0 Å². The Hall–Kier alpha value is 0.799. The van der Waals surface area contributed by atoms with Crippen LogP contribution in [0, 0.1) is 5.92 Å². The number of hydrogen-bond acceptors (Lipinski definition) is 1. The molecule has 0 saturated carbocycles. The van der Waals surface area contributed by atoms with E-state index in [1.807, 2.05) is 6.07 Å². The Morgan fingerprint density at radius 1 is 1.46 bits per heavy atom. The van der Waals surface area contributed by atoms with Crippen molar-refractivity contribution in [1.82, 2.24) is 3.98 Å². The monoisotopic (exact) mass is 305 g/mol. The molecule has 0 amide bonds. The Balaban J connectivity index is 2.75. The summed E-state index contributed by atoms with van der Waals surface area (Å²) in [7, 11) is 0. The van der Waals surface area contributed by atoms with Crippen molar-refractivity contribution in [2.24, 2.45) is 5.92 Å². The molecule has 0 radical (unpaired) electrons. The molecular formula is C8H10Cl3NSe. The Labute approximate surface area is 99.4 Å². The molecule has 0 unspecified atom stereocenters. The summed E-state index contributed by atoms with van der Waals surface area (Å²) in [5.74, 6) is 0.637. The van der Waals surface area contributed by atoms with Gasteiger partial charge in [-0.3, -0.25) is 0 Å². The molecule has 0 saturated heterocycles. The Kier molecular flexibility index (Phi) is 4.15. The van der Waals surface area contributed by atoms with Crippen LogP contribution in [0.25, 0.3) is 0 Å². The van der Waals surface area contributed by atoms with Gasteiger partial charge in [-0.05, 0) is 0 Å². The molecule has 1 heterocycles. The molecule has 1 rings (SSSR count). The topological polar surface area (TPSA) is 12.9 Å². The van der Waals surface area contributed by atoms with Crippen LogP contribution in [0.3, 0.4) is 0 Å². The quantitative estimate of drug-likeness (QED) is 0.604. The van der Waals surface area contributed by atoms with Crippen LogP contribution >= 0.6 is 34.8 Å². The van der Waals surface area contributed by atoms with E-state index in [1.54, 1.807) is 0 Å². The van der Waals surface area contributed by atoms with Gasteiger partial charge in [0, 0.05) is 0 Å². The Morgan fingerprint density at radius 3 is 2.46 bits per heavy atom. The van der Waals surface area contributed by atoms with Crippen LogP contribution in [-0.2, 0) is 10.2 Å². The first-order valence-electron chi connectivity index (χ1n) is 3.92. The van der Waals surface area contributed by atoms with E-state index in [1.165, 1.54) is 4.44 Å². The number of nitrogens with zero attached hydrogens (tertiary/aromatic N) is 1. The van der Waals surface area contributed by atoms with E-state index in [0.717, 1.165) is 6.42 Å². The van der Waals surface area contributed by atoms with Gasteiger partial charge in [0.1, 0.15) is 0 Å². The first-order chi connectivity index (χ1) is 5.89. The van der Waals surface area contributed by atoms with Crippen molar-refractivity contribution in [3.8, 4) is 0 Å². The molecule has 0 bridgehead atoms. The van der Waals surface area contributed by atoms with E-state index >= 15 is 0 Å². The predicted octanol–water partition coefficient (Wildman–Crippen LogP) is 3.16. The predicted molar refractivity (Wildman–Crippen MR) is 59.0 cm³/mol. The van der Waals surface area contributed by atoms with Crippen LogP contribution in [0.1, 0.15) is 24.0 Å². The molecule has 0 fully saturated rings. The van der Waals surface area contributed by atoms with Crippen LogP contribution < -0.4 is 0 Å². The molecule has 0 spiro atoms. The zero-order chi connectivity index (χ0) is 10.1. The SMILES string of the molecule is CC(C)Cc1cc(C(Cl)(Cl)Cl)n[se]1. The zero-order valence-corrected chi connectivity index (χ0v) is 11.3. The number of rotatable bonds is 2. The zero-order valence-electron chi connectivity index (χ0n) is 7.35. The van der Waals surface area contributed by atoms with Gasteiger partial charge in [-0.1, -0.05) is 0 Å². The van der Waals surface area contributed by atoms with Crippen molar-refractivity contribution in [1.29, 1.82) is 0 Å². The molecule has 13 heavy (non-hydrogen) atoms. The Bertz CT molecular complexity index is 277. The summed E-state index contributed by atoms with van der Waals surface area (Å²) in [6.07, 6.45) is 1.05. The van der Waals surface area contributed by atoms with Gasteiger partial charge in [-0.2, -0.15) is 0 Å². The van der Waals surface area contributed by atoms with Gasteiger partial charge in [0.25, 0.3) is 0 Å². The third-order valence-electron chi connectivity index (χ3n) is 1.46. The molecule has 0 N–H and O–H groups in total. The molecule has 1 aromatic heterocycles. The molecule has 5 heteroatoms. The third kappa shape index (κ3) is 3.81. The summed E-state index contributed by atoms with van der Waals surface area (Å²) in [5, 5.41) is 0. The van der Waals surface area contributed by atoms with Crippen LogP contribution in [0.5, 0.6) is 0 Å². The van der Waals surface area contributed by atoms with E-state index < -0.39 is 3.79 Å². The maximum atomic E-state index is 5.71. The van der Waals surface area contributed by atoms with Crippen LogP contribution in [-0.4, -0.2) is 18.7 Å². The van der Waals surface area contributed by atoms with Crippen molar-refractivity contribution < 1.29 is 0 Å². The molecule has 1 aromatic rings. The van der Waals surface area contributed by atoms with Crippen molar-refractivity contribution >= 4 is 49.5 Å². The van der Waals surface area contributed by atoms with Crippen LogP contribution in [0.2, 0.25) is 0 Å². The molecule has 0 aromatic carbocycles. The first kappa shape index (κ1) is 11.9.